The highest BCUT2D eigenvalue weighted by Gasteiger charge is 2.26. The standard InChI is InChI=1S/C18H18Cl2N2O/c1-22-9-8-12-4-2-3-5-14(12)17(22)11-18(23)21-13-6-7-15(19)16(20)10-13/h2-7,10,17H,8-9,11H2,1H3,(H,21,23). The number of hydrogen-bond donors (Lipinski definition) is 1. The topological polar surface area (TPSA) is 32.3 Å². The first-order valence-electron chi connectivity index (χ1n) is 7.57. The van der Waals surface area contributed by atoms with Crippen molar-refractivity contribution in [2.75, 3.05) is 18.9 Å². The van der Waals surface area contributed by atoms with Gasteiger partial charge in [-0.05, 0) is 42.8 Å². The van der Waals surface area contributed by atoms with E-state index in [1.54, 1.807) is 18.2 Å². The van der Waals surface area contributed by atoms with E-state index in [0.717, 1.165) is 13.0 Å². The van der Waals surface area contributed by atoms with Crippen LogP contribution in [0.25, 0.3) is 0 Å². The van der Waals surface area contributed by atoms with Crippen LogP contribution in [0.4, 0.5) is 5.69 Å². The monoisotopic (exact) mass is 348 g/mol. The van der Waals surface area contributed by atoms with Crippen molar-refractivity contribution in [3.63, 3.8) is 0 Å². The van der Waals surface area contributed by atoms with Crippen LogP contribution >= 0.6 is 23.2 Å². The number of fused-ring (bicyclic) bond motifs is 1. The molecule has 1 amide bonds. The van der Waals surface area contributed by atoms with Gasteiger partial charge >= 0.3 is 0 Å². The highest BCUT2D eigenvalue weighted by atomic mass is 35.5. The summed E-state index contributed by atoms with van der Waals surface area (Å²) in [6.45, 7) is 0.960. The summed E-state index contributed by atoms with van der Waals surface area (Å²) in [6.07, 6.45) is 1.44. The van der Waals surface area contributed by atoms with E-state index >= 15 is 0 Å². The third-order valence-corrected chi connectivity index (χ3v) is 5.00. The van der Waals surface area contributed by atoms with Crippen LogP contribution in [0, 0.1) is 0 Å². The minimum absolute atomic E-state index is 0.0306. The molecule has 0 radical (unpaired) electrons. The van der Waals surface area contributed by atoms with Crippen molar-refractivity contribution in [2.24, 2.45) is 0 Å². The van der Waals surface area contributed by atoms with Gasteiger partial charge in [0.05, 0.1) is 10.0 Å². The number of likely N-dealkylation sites (N-methyl/N-ethyl adjacent to an activating group) is 1. The van der Waals surface area contributed by atoms with Gasteiger partial charge in [-0.2, -0.15) is 0 Å². The summed E-state index contributed by atoms with van der Waals surface area (Å²) in [5, 5.41) is 3.81. The van der Waals surface area contributed by atoms with Crippen molar-refractivity contribution in [3.05, 3.63) is 63.6 Å². The summed E-state index contributed by atoms with van der Waals surface area (Å²) in [5.74, 6) is -0.0306. The Balaban J connectivity index is 1.73. The van der Waals surface area contributed by atoms with Crippen LogP contribution < -0.4 is 5.32 Å². The molecule has 1 aliphatic rings. The van der Waals surface area contributed by atoms with E-state index in [1.807, 2.05) is 6.07 Å². The molecule has 2 aromatic carbocycles. The van der Waals surface area contributed by atoms with Crippen LogP contribution in [0.2, 0.25) is 10.0 Å². The highest BCUT2D eigenvalue weighted by Crippen LogP contribution is 2.31. The maximum Gasteiger partial charge on any atom is 0.226 e. The first-order valence-corrected chi connectivity index (χ1v) is 8.33. The molecule has 5 heteroatoms. The van der Waals surface area contributed by atoms with Crippen molar-refractivity contribution in [3.8, 4) is 0 Å². The molecule has 2 aromatic rings. The van der Waals surface area contributed by atoms with Gasteiger partial charge in [0.15, 0.2) is 0 Å². The van der Waals surface area contributed by atoms with Crippen LogP contribution in [0.3, 0.4) is 0 Å². The molecule has 0 saturated carbocycles. The summed E-state index contributed by atoms with van der Waals surface area (Å²) >= 11 is 11.9. The molecule has 0 aromatic heterocycles. The van der Waals surface area contributed by atoms with Gasteiger partial charge < -0.3 is 5.32 Å². The molecule has 1 unspecified atom stereocenters. The third-order valence-electron chi connectivity index (χ3n) is 4.26. The normalized spacial score (nSPS) is 17.6. The Hall–Kier alpha value is -1.55. The average molecular weight is 349 g/mol. The van der Waals surface area contributed by atoms with Crippen molar-refractivity contribution in [2.45, 2.75) is 18.9 Å². The van der Waals surface area contributed by atoms with E-state index in [9.17, 15) is 4.79 Å². The molecule has 1 heterocycles. The Morgan fingerprint density at radius 3 is 2.78 bits per heavy atom. The van der Waals surface area contributed by atoms with Gasteiger partial charge in [-0.3, -0.25) is 9.69 Å². The summed E-state index contributed by atoms with van der Waals surface area (Å²) in [6, 6.07) is 13.5. The first kappa shape index (κ1) is 16.3. The Bertz CT molecular complexity index is 733. The van der Waals surface area contributed by atoms with Crippen LogP contribution in [-0.4, -0.2) is 24.4 Å². The second-order valence-electron chi connectivity index (χ2n) is 5.83. The van der Waals surface area contributed by atoms with E-state index in [-0.39, 0.29) is 11.9 Å². The second kappa shape index (κ2) is 6.91. The fourth-order valence-corrected chi connectivity index (χ4v) is 3.30. The number of rotatable bonds is 3. The number of halogens is 2. The van der Waals surface area contributed by atoms with E-state index in [1.165, 1.54) is 11.1 Å². The SMILES string of the molecule is CN1CCc2ccccc2C1CC(=O)Nc1ccc(Cl)c(Cl)c1. The zero-order valence-electron chi connectivity index (χ0n) is 12.9. The quantitative estimate of drug-likeness (QED) is 0.882. The molecule has 1 N–H and O–H groups in total. The summed E-state index contributed by atoms with van der Waals surface area (Å²) < 4.78 is 0. The molecule has 0 aliphatic carbocycles. The number of nitrogens with one attached hydrogen (secondary N) is 1. The van der Waals surface area contributed by atoms with Gasteiger partial charge in [0.25, 0.3) is 0 Å². The lowest BCUT2D eigenvalue weighted by atomic mass is 9.91. The maximum absolute atomic E-state index is 12.4. The van der Waals surface area contributed by atoms with Gasteiger partial charge in [0.1, 0.15) is 0 Å². The van der Waals surface area contributed by atoms with E-state index < -0.39 is 0 Å². The Morgan fingerprint density at radius 2 is 2.00 bits per heavy atom. The predicted octanol–water partition coefficient (Wildman–Crippen LogP) is 4.55. The summed E-state index contributed by atoms with van der Waals surface area (Å²) in [4.78, 5) is 14.7. The fourth-order valence-electron chi connectivity index (χ4n) is 3.00. The minimum atomic E-state index is -0.0306. The van der Waals surface area contributed by atoms with Crippen LogP contribution in [0.1, 0.15) is 23.6 Å². The lowest BCUT2D eigenvalue weighted by molar-refractivity contribution is -0.117. The van der Waals surface area contributed by atoms with Crippen LogP contribution in [0.15, 0.2) is 42.5 Å². The third kappa shape index (κ3) is 3.69. The number of amides is 1. The number of carbonyl (C=O) groups excluding carboxylic acids is 1. The maximum atomic E-state index is 12.4. The van der Waals surface area contributed by atoms with Crippen molar-refractivity contribution >= 4 is 34.8 Å². The average Bonchev–Trinajstić information content (AvgIpc) is 2.54. The van der Waals surface area contributed by atoms with Crippen LogP contribution in [0.5, 0.6) is 0 Å². The Labute approximate surface area is 146 Å². The smallest absolute Gasteiger partial charge is 0.226 e. The lowest BCUT2D eigenvalue weighted by Gasteiger charge is -2.34. The first-order chi connectivity index (χ1) is 11.0. The number of carbonyl (C=O) groups is 1. The number of anilines is 1. The molecule has 0 saturated heterocycles. The molecular formula is C18H18Cl2N2O. The fraction of sp³-hybridized carbons (Fsp3) is 0.278. The van der Waals surface area contributed by atoms with Gasteiger partial charge in [0, 0.05) is 24.7 Å². The zero-order chi connectivity index (χ0) is 16.4. The Kier molecular flexibility index (Phi) is 4.90. The zero-order valence-corrected chi connectivity index (χ0v) is 14.4. The second-order valence-corrected chi connectivity index (χ2v) is 6.64. The molecular weight excluding hydrogens is 331 g/mol. The van der Waals surface area contributed by atoms with Crippen molar-refractivity contribution < 1.29 is 4.79 Å². The molecule has 1 atom stereocenters. The molecule has 0 spiro atoms. The van der Waals surface area contributed by atoms with Gasteiger partial charge in [-0.1, -0.05) is 47.5 Å². The van der Waals surface area contributed by atoms with Gasteiger partial charge in [0.2, 0.25) is 5.91 Å². The largest absolute Gasteiger partial charge is 0.326 e. The van der Waals surface area contributed by atoms with Gasteiger partial charge in [-0.15, -0.1) is 0 Å². The highest BCUT2D eigenvalue weighted by molar-refractivity contribution is 6.42. The number of nitrogens with zero attached hydrogens (tertiary/aromatic N) is 1. The lowest BCUT2D eigenvalue weighted by Crippen LogP contribution is -2.34. The Morgan fingerprint density at radius 1 is 1.22 bits per heavy atom. The van der Waals surface area contributed by atoms with Gasteiger partial charge in [-0.25, -0.2) is 0 Å². The van der Waals surface area contributed by atoms with E-state index in [2.05, 4.69) is 35.5 Å². The molecule has 3 nitrogen and oxygen atoms in total. The van der Waals surface area contributed by atoms with Crippen molar-refractivity contribution in [1.29, 1.82) is 0 Å². The number of hydrogen-bond acceptors (Lipinski definition) is 2. The predicted molar refractivity (Wildman–Crippen MR) is 95.2 cm³/mol. The molecule has 3 rings (SSSR count). The van der Waals surface area contributed by atoms with E-state index in [4.69, 9.17) is 23.2 Å². The van der Waals surface area contributed by atoms with E-state index in [0.29, 0.717) is 22.2 Å². The summed E-state index contributed by atoms with van der Waals surface area (Å²) in [5.41, 5.74) is 3.24. The summed E-state index contributed by atoms with van der Waals surface area (Å²) in [7, 11) is 2.06. The molecule has 23 heavy (non-hydrogen) atoms. The minimum Gasteiger partial charge on any atom is -0.326 e. The molecule has 0 fully saturated rings. The molecule has 0 bridgehead atoms. The molecule has 1 aliphatic heterocycles. The molecule has 120 valence electrons. The number of benzene rings is 2. The van der Waals surface area contributed by atoms with Crippen LogP contribution in [-0.2, 0) is 11.2 Å². The van der Waals surface area contributed by atoms with Crippen molar-refractivity contribution in [1.82, 2.24) is 4.90 Å².